The predicted octanol–water partition coefficient (Wildman–Crippen LogP) is 5.06. The van der Waals surface area contributed by atoms with Crippen LogP contribution in [0, 0.1) is 5.82 Å². The van der Waals surface area contributed by atoms with E-state index in [1.54, 1.807) is 12.1 Å². The van der Waals surface area contributed by atoms with E-state index in [4.69, 9.17) is 4.74 Å². The number of nitrogens with one attached hydrogen (secondary N) is 2. The molecule has 0 saturated heterocycles. The molecule has 2 aromatic carbocycles. The summed E-state index contributed by atoms with van der Waals surface area (Å²) < 4.78 is 19.8. The third-order valence-corrected chi connectivity index (χ3v) is 4.86. The molecule has 3 aromatic rings. The number of para-hydroxylation sites is 2. The van der Waals surface area contributed by atoms with Crippen molar-refractivity contribution in [3.8, 4) is 5.75 Å². The highest BCUT2D eigenvalue weighted by molar-refractivity contribution is 5.83. The topological polar surface area (TPSA) is 37.0 Å². The van der Waals surface area contributed by atoms with Crippen LogP contribution >= 0.6 is 0 Å². The smallest absolute Gasteiger partial charge is 0.142 e. The maximum atomic E-state index is 13.6. The Morgan fingerprint density at radius 3 is 3.00 bits per heavy atom. The molecule has 3 nitrogen and oxygen atoms in total. The maximum Gasteiger partial charge on any atom is 0.142 e. The first kappa shape index (κ1) is 15.1. The second-order valence-corrected chi connectivity index (χ2v) is 6.39. The molecule has 2 heterocycles. The molecule has 0 amide bonds. The van der Waals surface area contributed by atoms with Crippen molar-refractivity contribution in [3.63, 3.8) is 0 Å². The number of hydrogen-bond donors (Lipinski definition) is 2. The third-order valence-electron chi connectivity index (χ3n) is 4.86. The summed E-state index contributed by atoms with van der Waals surface area (Å²) in [5, 5.41) is 4.42. The van der Waals surface area contributed by atoms with Gasteiger partial charge in [-0.3, -0.25) is 0 Å². The molecule has 1 aliphatic heterocycles. The summed E-state index contributed by atoms with van der Waals surface area (Å²) in [7, 11) is 0. The van der Waals surface area contributed by atoms with E-state index in [9.17, 15) is 4.39 Å². The molecule has 0 radical (unpaired) electrons. The van der Waals surface area contributed by atoms with Crippen LogP contribution in [0.5, 0.6) is 5.75 Å². The Kier molecular flexibility index (Phi) is 3.89. The zero-order chi connectivity index (χ0) is 16.5. The van der Waals surface area contributed by atoms with Gasteiger partial charge in [-0.15, -0.1) is 0 Å². The fourth-order valence-corrected chi connectivity index (χ4v) is 3.57. The molecule has 2 unspecified atom stereocenters. The highest BCUT2D eigenvalue weighted by Gasteiger charge is 2.24. The molecule has 24 heavy (non-hydrogen) atoms. The highest BCUT2D eigenvalue weighted by Crippen LogP contribution is 2.35. The van der Waals surface area contributed by atoms with Crippen LogP contribution in [0.1, 0.15) is 31.2 Å². The molecule has 4 rings (SSSR count). The number of rotatable bonds is 4. The number of aromatic amines is 1. The van der Waals surface area contributed by atoms with Crippen LogP contribution < -0.4 is 10.1 Å². The van der Waals surface area contributed by atoms with Crippen molar-refractivity contribution in [3.05, 3.63) is 60.0 Å². The van der Waals surface area contributed by atoms with Crippen molar-refractivity contribution >= 4 is 16.6 Å². The summed E-state index contributed by atoms with van der Waals surface area (Å²) in [4.78, 5) is 3.26. The SMILES string of the molecule is CCC(CC1CNc2ccccc2O1)c1c[nH]c2ccc(F)cc12. The summed E-state index contributed by atoms with van der Waals surface area (Å²) >= 11 is 0. The van der Waals surface area contributed by atoms with Gasteiger partial charge < -0.3 is 15.0 Å². The van der Waals surface area contributed by atoms with Crippen molar-refractivity contribution in [2.45, 2.75) is 31.8 Å². The number of fused-ring (bicyclic) bond motifs is 2. The molecule has 0 saturated carbocycles. The molecule has 1 aliphatic rings. The maximum absolute atomic E-state index is 13.6. The Balaban J connectivity index is 1.57. The van der Waals surface area contributed by atoms with E-state index in [0.717, 1.165) is 41.7 Å². The van der Waals surface area contributed by atoms with E-state index >= 15 is 0 Å². The average molecular weight is 324 g/mol. The monoisotopic (exact) mass is 324 g/mol. The molecule has 2 atom stereocenters. The fourth-order valence-electron chi connectivity index (χ4n) is 3.57. The van der Waals surface area contributed by atoms with Crippen LogP contribution in [-0.4, -0.2) is 17.6 Å². The fraction of sp³-hybridized carbons (Fsp3) is 0.300. The van der Waals surface area contributed by atoms with Gasteiger partial charge in [0.05, 0.1) is 12.2 Å². The Morgan fingerprint density at radius 2 is 2.12 bits per heavy atom. The number of hydrogen-bond acceptors (Lipinski definition) is 2. The first-order valence-corrected chi connectivity index (χ1v) is 8.50. The first-order valence-electron chi connectivity index (χ1n) is 8.50. The minimum absolute atomic E-state index is 0.114. The summed E-state index contributed by atoms with van der Waals surface area (Å²) in [5.74, 6) is 1.05. The molecule has 0 fully saturated rings. The number of ether oxygens (including phenoxy) is 1. The Bertz CT molecular complexity index is 858. The van der Waals surface area contributed by atoms with Crippen LogP contribution in [0.15, 0.2) is 48.7 Å². The van der Waals surface area contributed by atoms with Crippen LogP contribution in [0.4, 0.5) is 10.1 Å². The van der Waals surface area contributed by atoms with Crippen molar-refractivity contribution < 1.29 is 9.13 Å². The van der Waals surface area contributed by atoms with Crippen LogP contribution in [-0.2, 0) is 0 Å². The quantitative estimate of drug-likeness (QED) is 0.703. The molecule has 0 aliphatic carbocycles. The minimum Gasteiger partial charge on any atom is -0.486 e. The Morgan fingerprint density at radius 1 is 1.25 bits per heavy atom. The number of benzene rings is 2. The number of aromatic nitrogens is 1. The molecule has 2 N–H and O–H groups in total. The van der Waals surface area contributed by atoms with Crippen LogP contribution in [0.25, 0.3) is 10.9 Å². The molecule has 1 aromatic heterocycles. The number of halogens is 1. The zero-order valence-electron chi connectivity index (χ0n) is 13.7. The zero-order valence-corrected chi connectivity index (χ0v) is 13.7. The van der Waals surface area contributed by atoms with Gasteiger partial charge in [-0.1, -0.05) is 19.1 Å². The summed E-state index contributed by atoms with van der Waals surface area (Å²) in [5.41, 5.74) is 3.21. The van der Waals surface area contributed by atoms with Crippen LogP contribution in [0.3, 0.4) is 0 Å². The number of H-pyrrole nitrogens is 1. The molecular weight excluding hydrogens is 303 g/mol. The summed E-state index contributed by atoms with van der Waals surface area (Å²) in [6.07, 6.45) is 4.03. The van der Waals surface area contributed by atoms with E-state index in [-0.39, 0.29) is 11.9 Å². The lowest BCUT2D eigenvalue weighted by atomic mass is 9.90. The van der Waals surface area contributed by atoms with E-state index < -0.39 is 0 Å². The second-order valence-electron chi connectivity index (χ2n) is 6.39. The Hall–Kier alpha value is -2.49. The molecule has 0 bridgehead atoms. The highest BCUT2D eigenvalue weighted by atomic mass is 19.1. The molecule has 124 valence electrons. The normalized spacial score (nSPS) is 17.8. The van der Waals surface area contributed by atoms with Gasteiger partial charge in [-0.2, -0.15) is 0 Å². The van der Waals surface area contributed by atoms with E-state index in [0.29, 0.717) is 5.92 Å². The summed E-state index contributed by atoms with van der Waals surface area (Å²) in [6.45, 7) is 2.97. The van der Waals surface area contributed by atoms with E-state index in [1.807, 2.05) is 30.5 Å². The van der Waals surface area contributed by atoms with Gasteiger partial charge in [0, 0.05) is 17.1 Å². The lowest BCUT2D eigenvalue weighted by Gasteiger charge is -2.29. The lowest BCUT2D eigenvalue weighted by Crippen LogP contribution is -2.32. The summed E-state index contributed by atoms with van der Waals surface area (Å²) in [6, 6.07) is 12.9. The van der Waals surface area contributed by atoms with Gasteiger partial charge in [0.15, 0.2) is 0 Å². The lowest BCUT2D eigenvalue weighted by molar-refractivity contribution is 0.184. The van der Waals surface area contributed by atoms with Gasteiger partial charge in [0.2, 0.25) is 0 Å². The average Bonchev–Trinajstić information content (AvgIpc) is 3.02. The van der Waals surface area contributed by atoms with Crippen molar-refractivity contribution in [2.75, 3.05) is 11.9 Å². The first-order chi connectivity index (χ1) is 11.7. The molecule has 0 spiro atoms. The standard InChI is InChI=1S/C20H21FN2O/c1-2-13(17-12-23-18-8-7-14(21)10-16(17)18)9-15-11-22-19-5-3-4-6-20(19)24-15/h3-8,10,12-13,15,22-23H,2,9,11H2,1H3. The largest absolute Gasteiger partial charge is 0.486 e. The van der Waals surface area contributed by atoms with E-state index in [2.05, 4.69) is 17.2 Å². The molecular formula is C20H21FN2O. The van der Waals surface area contributed by atoms with E-state index in [1.165, 1.54) is 11.6 Å². The van der Waals surface area contributed by atoms with Gasteiger partial charge in [0.25, 0.3) is 0 Å². The van der Waals surface area contributed by atoms with Gasteiger partial charge in [-0.25, -0.2) is 4.39 Å². The van der Waals surface area contributed by atoms with Crippen LogP contribution in [0.2, 0.25) is 0 Å². The Labute approximate surface area is 140 Å². The van der Waals surface area contributed by atoms with Crippen molar-refractivity contribution in [1.29, 1.82) is 0 Å². The van der Waals surface area contributed by atoms with Gasteiger partial charge in [-0.05, 0) is 54.7 Å². The molecule has 4 heteroatoms. The van der Waals surface area contributed by atoms with Gasteiger partial charge in [0.1, 0.15) is 17.7 Å². The predicted molar refractivity (Wildman–Crippen MR) is 95.3 cm³/mol. The van der Waals surface area contributed by atoms with Gasteiger partial charge >= 0.3 is 0 Å². The van der Waals surface area contributed by atoms with Crippen molar-refractivity contribution in [2.24, 2.45) is 0 Å². The van der Waals surface area contributed by atoms with Crippen molar-refractivity contribution in [1.82, 2.24) is 4.98 Å². The number of anilines is 1. The third kappa shape index (κ3) is 2.73. The second kappa shape index (κ2) is 6.19. The minimum atomic E-state index is -0.192.